The molecule has 2 rings (SSSR count). The van der Waals surface area contributed by atoms with Crippen LogP contribution < -0.4 is 11.1 Å². The molecule has 1 amide bonds. The lowest BCUT2D eigenvalue weighted by molar-refractivity contribution is 0.0954. The van der Waals surface area contributed by atoms with E-state index in [4.69, 9.17) is 28.9 Å². The molecule has 0 saturated heterocycles. The molecule has 0 radical (unpaired) electrons. The molecule has 0 spiro atoms. The van der Waals surface area contributed by atoms with Crippen molar-refractivity contribution in [2.75, 3.05) is 12.3 Å². The first-order chi connectivity index (χ1) is 9.56. The Morgan fingerprint density at radius 1 is 1.10 bits per heavy atom. The number of amides is 1. The van der Waals surface area contributed by atoms with Crippen LogP contribution in [0, 0.1) is 0 Å². The van der Waals surface area contributed by atoms with Crippen molar-refractivity contribution in [3.63, 3.8) is 0 Å². The number of anilines is 1. The first kappa shape index (κ1) is 14.7. The second kappa shape index (κ2) is 6.64. The Labute approximate surface area is 127 Å². The summed E-state index contributed by atoms with van der Waals surface area (Å²) >= 11 is 11.8. The topological polar surface area (TPSA) is 55.1 Å². The summed E-state index contributed by atoms with van der Waals surface area (Å²) in [5.41, 5.74) is 7.66. The van der Waals surface area contributed by atoms with Crippen LogP contribution >= 0.6 is 23.2 Å². The molecule has 3 N–H and O–H groups in total. The molecule has 0 bridgehead atoms. The minimum absolute atomic E-state index is 0.226. The van der Waals surface area contributed by atoms with E-state index >= 15 is 0 Å². The molecule has 0 unspecified atom stereocenters. The second-order valence-corrected chi connectivity index (χ2v) is 5.22. The maximum absolute atomic E-state index is 12.0. The number of nitrogens with two attached hydrogens (primary N) is 1. The summed E-state index contributed by atoms with van der Waals surface area (Å²) in [4.78, 5) is 12.0. The van der Waals surface area contributed by atoms with E-state index in [1.54, 1.807) is 18.2 Å². The average Bonchev–Trinajstić information content (AvgIpc) is 2.43. The van der Waals surface area contributed by atoms with Gasteiger partial charge in [0.25, 0.3) is 5.91 Å². The van der Waals surface area contributed by atoms with Gasteiger partial charge in [0.1, 0.15) is 0 Å². The zero-order valence-electron chi connectivity index (χ0n) is 10.7. The number of nitrogen functional groups attached to an aromatic ring is 1. The number of carbonyl (C=O) groups excluding carboxylic acids is 1. The predicted octanol–water partition coefficient (Wildman–Crippen LogP) is 3.55. The standard InChI is InChI=1S/C15H14Cl2N2O/c16-11-3-1-10(2-4-11)7-8-19-15(20)13-9-12(18)5-6-14(13)17/h1-6,9H,7-8,18H2,(H,19,20). The molecule has 0 aliphatic rings. The van der Waals surface area contributed by atoms with Crippen LogP contribution in [0.1, 0.15) is 15.9 Å². The lowest BCUT2D eigenvalue weighted by atomic mass is 10.1. The molecule has 0 aromatic heterocycles. The first-order valence-corrected chi connectivity index (χ1v) is 6.89. The number of hydrogen-bond acceptors (Lipinski definition) is 2. The van der Waals surface area contributed by atoms with Gasteiger partial charge in [-0.3, -0.25) is 4.79 Å². The van der Waals surface area contributed by atoms with Gasteiger partial charge in [-0.05, 0) is 42.3 Å². The van der Waals surface area contributed by atoms with Gasteiger partial charge in [0.05, 0.1) is 10.6 Å². The highest BCUT2D eigenvalue weighted by Crippen LogP contribution is 2.18. The van der Waals surface area contributed by atoms with Gasteiger partial charge in [-0.1, -0.05) is 35.3 Å². The third-order valence-electron chi connectivity index (χ3n) is 2.85. The second-order valence-electron chi connectivity index (χ2n) is 4.37. The fraction of sp³-hybridized carbons (Fsp3) is 0.133. The normalized spacial score (nSPS) is 10.3. The van der Waals surface area contributed by atoms with Crippen LogP contribution in [-0.2, 0) is 6.42 Å². The van der Waals surface area contributed by atoms with Crippen molar-refractivity contribution in [1.29, 1.82) is 0 Å². The van der Waals surface area contributed by atoms with Gasteiger partial charge in [-0.2, -0.15) is 0 Å². The summed E-state index contributed by atoms with van der Waals surface area (Å²) in [6.07, 6.45) is 0.725. The number of hydrogen-bond donors (Lipinski definition) is 2. The first-order valence-electron chi connectivity index (χ1n) is 6.14. The van der Waals surface area contributed by atoms with Crippen LogP contribution in [0.25, 0.3) is 0 Å². The summed E-state index contributed by atoms with van der Waals surface area (Å²) in [7, 11) is 0. The molecule has 20 heavy (non-hydrogen) atoms. The molecular weight excluding hydrogens is 295 g/mol. The SMILES string of the molecule is Nc1ccc(Cl)c(C(=O)NCCc2ccc(Cl)cc2)c1. The lowest BCUT2D eigenvalue weighted by Crippen LogP contribution is -2.26. The molecular formula is C15H14Cl2N2O. The summed E-state index contributed by atoms with van der Waals surface area (Å²) in [6, 6.07) is 12.4. The van der Waals surface area contributed by atoms with Gasteiger partial charge < -0.3 is 11.1 Å². The molecule has 0 fully saturated rings. The zero-order valence-corrected chi connectivity index (χ0v) is 12.2. The van der Waals surface area contributed by atoms with Crippen LogP contribution in [0.5, 0.6) is 0 Å². The van der Waals surface area contributed by atoms with Crippen molar-refractivity contribution >= 4 is 34.8 Å². The smallest absolute Gasteiger partial charge is 0.252 e. The van der Waals surface area contributed by atoms with E-state index in [2.05, 4.69) is 5.32 Å². The third-order valence-corrected chi connectivity index (χ3v) is 3.43. The molecule has 3 nitrogen and oxygen atoms in total. The van der Waals surface area contributed by atoms with Crippen LogP contribution in [0.3, 0.4) is 0 Å². The van der Waals surface area contributed by atoms with E-state index < -0.39 is 0 Å². The highest BCUT2D eigenvalue weighted by Gasteiger charge is 2.10. The van der Waals surface area contributed by atoms with Gasteiger partial charge in [0, 0.05) is 17.3 Å². The lowest BCUT2D eigenvalue weighted by Gasteiger charge is -2.07. The molecule has 0 atom stereocenters. The van der Waals surface area contributed by atoms with Crippen molar-refractivity contribution in [2.24, 2.45) is 0 Å². The van der Waals surface area contributed by atoms with E-state index in [1.807, 2.05) is 24.3 Å². The Kier molecular flexibility index (Phi) is 4.88. The van der Waals surface area contributed by atoms with Gasteiger partial charge in [0.2, 0.25) is 0 Å². The Hall–Kier alpha value is -1.71. The number of rotatable bonds is 4. The monoisotopic (exact) mass is 308 g/mol. The van der Waals surface area contributed by atoms with Gasteiger partial charge >= 0.3 is 0 Å². The predicted molar refractivity (Wildman–Crippen MR) is 83.4 cm³/mol. The molecule has 2 aromatic carbocycles. The highest BCUT2D eigenvalue weighted by molar-refractivity contribution is 6.34. The maximum atomic E-state index is 12.0. The maximum Gasteiger partial charge on any atom is 0.252 e. The third kappa shape index (κ3) is 3.89. The Bertz CT molecular complexity index is 612. The van der Waals surface area contributed by atoms with Gasteiger partial charge in [-0.25, -0.2) is 0 Å². The van der Waals surface area contributed by atoms with E-state index in [0.29, 0.717) is 27.8 Å². The fourth-order valence-corrected chi connectivity index (χ4v) is 2.11. The quantitative estimate of drug-likeness (QED) is 0.849. The van der Waals surface area contributed by atoms with E-state index in [1.165, 1.54) is 0 Å². The number of halogens is 2. The molecule has 104 valence electrons. The molecule has 2 aromatic rings. The number of carbonyl (C=O) groups is 1. The largest absolute Gasteiger partial charge is 0.399 e. The molecule has 0 heterocycles. The minimum Gasteiger partial charge on any atom is -0.399 e. The summed E-state index contributed by atoms with van der Waals surface area (Å²) in [5, 5.41) is 3.91. The van der Waals surface area contributed by atoms with Crippen molar-refractivity contribution in [1.82, 2.24) is 5.32 Å². The number of benzene rings is 2. The zero-order chi connectivity index (χ0) is 14.5. The molecule has 5 heteroatoms. The fourth-order valence-electron chi connectivity index (χ4n) is 1.78. The highest BCUT2D eigenvalue weighted by atomic mass is 35.5. The van der Waals surface area contributed by atoms with Crippen molar-refractivity contribution in [3.8, 4) is 0 Å². The van der Waals surface area contributed by atoms with E-state index in [9.17, 15) is 4.79 Å². The molecule has 0 aliphatic carbocycles. The van der Waals surface area contributed by atoms with Crippen LogP contribution in [0.4, 0.5) is 5.69 Å². The van der Waals surface area contributed by atoms with Crippen molar-refractivity contribution in [3.05, 3.63) is 63.6 Å². The Morgan fingerprint density at radius 2 is 1.80 bits per heavy atom. The van der Waals surface area contributed by atoms with Crippen LogP contribution in [0.2, 0.25) is 10.0 Å². The Morgan fingerprint density at radius 3 is 2.50 bits per heavy atom. The van der Waals surface area contributed by atoms with Crippen molar-refractivity contribution in [2.45, 2.75) is 6.42 Å². The van der Waals surface area contributed by atoms with Crippen LogP contribution in [-0.4, -0.2) is 12.5 Å². The Balaban J connectivity index is 1.92. The van der Waals surface area contributed by atoms with Crippen LogP contribution in [0.15, 0.2) is 42.5 Å². The van der Waals surface area contributed by atoms with E-state index in [0.717, 1.165) is 12.0 Å². The van der Waals surface area contributed by atoms with E-state index in [-0.39, 0.29) is 5.91 Å². The molecule has 0 aliphatic heterocycles. The molecule has 0 saturated carbocycles. The van der Waals surface area contributed by atoms with Gasteiger partial charge in [0.15, 0.2) is 0 Å². The summed E-state index contributed by atoms with van der Waals surface area (Å²) < 4.78 is 0. The average molecular weight is 309 g/mol. The van der Waals surface area contributed by atoms with Crippen molar-refractivity contribution < 1.29 is 4.79 Å². The van der Waals surface area contributed by atoms with Gasteiger partial charge in [-0.15, -0.1) is 0 Å². The number of nitrogens with one attached hydrogen (secondary N) is 1. The summed E-state index contributed by atoms with van der Waals surface area (Å²) in [6.45, 7) is 0.519. The minimum atomic E-state index is -0.226. The summed E-state index contributed by atoms with van der Waals surface area (Å²) in [5.74, 6) is -0.226.